The molecule has 0 radical (unpaired) electrons. The average molecular weight is 305 g/mol. The van der Waals surface area contributed by atoms with Gasteiger partial charge in [0.2, 0.25) is 11.7 Å². The normalized spacial score (nSPS) is 21.4. The third kappa shape index (κ3) is 2.83. The van der Waals surface area contributed by atoms with Crippen LogP contribution in [0.25, 0.3) is 11.4 Å². The first-order valence-electron chi connectivity index (χ1n) is 6.62. The Labute approximate surface area is 126 Å². The highest BCUT2D eigenvalue weighted by Crippen LogP contribution is 2.34. The molecule has 0 spiro atoms. The predicted molar refractivity (Wildman–Crippen MR) is 77.0 cm³/mol. The Morgan fingerprint density at radius 3 is 2.67 bits per heavy atom. The summed E-state index contributed by atoms with van der Waals surface area (Å²) in [4.78, 5) is 15.7. The van der Waals surface area contributed by atoms with E-state index in [9.17, 15) is 9.90 Å². The summed E-state index contributed by atoms with van der Waals surface area (Å²) >= 11 is 5.84. The van der Waals surface area contributed by atoms with Crippen LogP contribution in [0.4, 0.5) is 0 Å². The van der Waals surface area contributed by atoms with E-state index in [1.165, 1.54) is 0 Å². The molecular weight excluding hydrogens is 292 g/mol. The lowest BCUT2D eigenvalue weighted by molar-refractivity contribution is -0.142. The average Bonchev–Trinajstić information content (AvgIpc) is 2.97. The summed E-state index contributed by atoms with van der Waals surface area (Å²) in [7, 11) is 0. The third-order valence-electron chi connectivity index (χ3n) is 3.61. The maximum atomic E-state index is 11.3. The van der Waals surface area contributed by atoms with Gasteiger partial charge in [0.25, 0.3) is 0 Å². The minimum absolute atomic E-state index is 0.277. The first-order chi connectivity index (χ1) is 10.1. The van der Waals surface area contributed by atoms with Gasteiger partial charge in [0.15, 0.2) is 0 Å². The highest BCUT2D eigenvalue weighted by atomic mass is 35.5. The Kier molecular flexibility index (Phi) is 3.75. The summed E-state index contributed by atoms with van der Waals surface area (Å²) < 4.78 is 5.28. The van der Waals surface area contributed by atoms with Crippen molar-refractivity contribution < 1.29 is 14.4 Å². The maximum absolute atomic E-state index is 11.3. The largest absolute Gasteiger partial charge is 0.481 e. The number of carboxylic acids is 1. The molecule has 0 saturated heterocycles. The van der Waals surface area contributed by atoms with Gasteiger partial charge in [-0.3, -0.25) is 4.79 Å². The standard InChI is InChI=1S/C15H13ClN2O3/c16-10-7-5-9(6-8-10)13-17-14(21-18-13)11-3-1-2-4-12(11)15(19)20/h1-2,5-8,11-12H,3-4H2,(H,19,20)/t11-,12+/m1/s1. The molecule has 0 fully saturated rings. The fourth-order valence-corrected chi connectivity index (χ4v) is 2.59. The van der Waals surface area contributed by atoms with E-state index in [-0.39, 0.29) is 5.92 Å². The van der Waals surface area contributed by atoms with Gasteiger partial charge in [-0.2, -0.15) is 4.98 Å². The molecule has 0 saturated carbocycles. The van der Waals surface area contributed by atoms with Gasteiger partial charge in [0, 0.05) is 10.6 Å². The zero-order valence-electron chi connectivity index (χ0n) is 11.1. The molecule has 1 aliphatic carbocycles. The third-order valence-corrected chi connectivity index (χ3v) is 3.86. The molecule has 0 bridgehead atoms. The number of aromatic nitrogens is 2. The van der Waals surface area contributed by atoms with Gasteiger partial charge in [-0.15, -0.1) is 0 Å². The second-order valence-electron chi connectivity index (χ2n) is 4.96. The van der Waals surface area contributed by atoms with Gasteiger partial charge < -0.3 is 9.63 Å². The Balaban J connectivity index is 1.88. The number of hydrogen-bond acceptors (Lipinski definition) is 4. The number of rotatable bonds is 3. The molecule has 6 heteroatoms. The van der Waals surface area contributed by atoms with E-state index in [0.717, 1.165) is 5.56 Å². The van der Waals surface area contributed by atoms with E-state index < -0.39 is 11.9 Å². The van der Waals surface area contributed by atoms with Gasteiger partial charge in [0.1, 0.15) is 0 Å². The smallest absolute Gasteiger partial charge is 0.307 e. The number of nitrogens with zero attached hydrogens (tertiary/aromatic N) is 2. The van der Waals surface area contributed by atoms with Crippen molar-refractivity contribution in [1.29, 1.82) is 0 Å². The van der Waals surface area contributed by atoms with Crippen molar-refractivity contribution in [2.45, 2.75) is 18.8 Å². The minimum Gasteiger partial charge on any atom is -0.481 e. The number of hydrogen-bond donors (Lipinski definition) is 1. The van der Waals surface area contributed by atoms with Gasteiger partial charge in [-0.1, -0.05) is 28.9 Å². The van der Waals surface area contributed by atoms with Crippen molar-refractivity contribution in [3.05, 3.63) is 47.3 Å². The second kappa shape index (κ2) is 5.69. The topological polar surface area (TPSA) is 76.2 Å². The number of allylic oxidation sites excluding steroid dienone is 2. The van der Waals surface area contributed by atoms with Crippen molar-refractivity contribution in [3.63, 3.8) is 0 Å². The van der Waals surface area contributed by atoms with Crippen LogP contribution in [0.15, 0.2) is 40.9 Å². The Morgan fingerprint density at radius 1 is 1.24 bits per heavy atom. The fraction of sp³-hybridized carbons (Fsp3) is 0.267. The monoisotopic (exact) mass is 304 g/mol. The lowest BCUT2D eigenvalue weighted by atomic mass is 9.83. The molecule has 0 aliphatic heterocycles. The predicted octanol–water partition coefficient (Wildman–Crippen LogP) is 3.52. The molecule has 0 unspecified atom stereocenters. The van der Waals surface area contributed by atoms with Crippen LogP contribution in [-0.4, -0.2) is 21.2 Å². The van der Waals surface area contributed by atoms with E-state index in [1.807, 2.05) is 12.2 Å². The van der Waals surface area contributed by atoms with Crippen molar-refractivity contribution in [2.24, 2.45) is 5.92 Å². The molecule has 108 valence electrons. The molecule has 1 aliphatic rings. The molecule has 1 aromatic carbocycles. The molecule has 1 aromatic heterocycles. The molecule has 21 heavy (non-hydrogen) atoms. The summed E-state index contributed by atoms with van der Waals surface area (Å²) in [5.41, 5.74) is 0.785. The van der Waals surface area contributed by atoms with Gasteiger partial charge in [0.05, 0.1) is 11.8 Å². The van der Waals surface area contributed by atoms with Crippen LogP contribution in [0, 0.1) is 5.92 Å². The number of halogens is 1. The van der Waals surface area contributed by atoms with Crippen LogP contribution < -0.4 is 0 Å². The Bertz CT molecular complexity index is 678. The summed E-state index contributed by atoms with van der Waals surface area (Å²) in [5, 5.41) is 13.9. The van der Waals surface area contributed by atoms with Gasteiger partial charge >= 0.3 is 5.97 Å². The van der Waals surface area contributed by atoms with Crippen LogP contribution in [0.3, 0.4) is 0 Å². The molecule has 2 aromatic rings. The van der Waals surface area contributed by atoms with Crippen molar-refractivity contribution in [1.82, 2.24) is 10.1 Å². The molecule has 2 atom stereocenters. The molecule has 3 rings (SSSR count). The van der Waals surface area contributed by atoms with Gasteiger partial charge in [-0.05, 0) is 37.1 Å². The zero-order valence-corrected chi connectivity index (χ0v) is 11.8. The Hall–Kier alpha value is -2.14. The summed E-state index contributed by atoms with van der Waals surface area (Å²) in [5.74, 6) is -0.817. The van der Waals surface area contributed by atoms with Crippen LogP contribution in [0.1, 0.15) is 24.7 Å². The highest BCUT2D eigenvalue weighted by Gasteiger charge is 2.33. The lowest BCUT2D eigenvalue weighted by Crippen LogP contribution is -2.23. The van der Waals surface area contributed by atoms with E-state index in [4.69, 9.17) is 16.1 Å². The number of carboxylic acid groups (broad SMARTS) is 1. The quantitative estimate of drug-likeness (QED) is 0.878. The zero-order chi connectivity index (χ0) is 14.8. The van der Waals surface area contributed by atoms with E-state index >= 15 is 0 Å². The van der Waals surface area contributed by atoms with E-state index in [0.29, 0.717) is 29.6 Å². The first-order valence-corrected chi connectivity index (χ1v) is 7.00. The lowest BCUT2D eigenvalue weighted by Gasteiger charge is -2.21. The highest BCUT2D eigenvalue weighted by molar-refractivity contribution is 6.30. The van der Waals surface area contributed by atoms with Crippen molar-refractivity contribution in [2.75, 3.05) is 0 Å². The van der Waals surface area contributed by atoms with Crippen LogP contribution in [0.2, 0.25) is 5.02 Å². The minimum atomic E-state index is -0.837. The van der Waals surface area contributed by atoms with E-state index in [1.54, 1.807) is 24.3 Å². The van der Waals surface area contributed by atoms with Crippen molar-refractivity contribution >= 4 is 17.6 Å². The molecule has 1 heterocycles. The van der Waals surface area contributed by atoms with Gasteiger partial charge in [-0.25, -0.2) is 0 Å². The number of benzene rings is 1. The second-order valence-corrected chi connectivity index (χ2v) is 5.39. The summed E-state index contributed by atoms with van der Waals surface area (Å²) in [6.45, 7) is 0. The van der Waals surface area contributed by atoms with Crippen LogP contribution >= 0.6 is 11.6 Å². The van der Waals surface area contributed by atoms with Crippen LogP contribution in [0.5, 0.6) is 0 Å². The molecule has 0 amide bonds. The first kappa shape index (κ1) is 13.8. The van der Waals surface area contributed by atoms with Crippen LogP contribution in [-0.2, 0) is 4.79 Å². The van der Waals surface area contributed by atoms with Crippen molar-refractivity contribution in [3.8, 4) is 11.4 Å². The summed E-state index contributed by atoms with van der Waals surface area (Å²) in [6.07, 6.45) is 4.92. The Morgan fingerprint density at radius 2 is 1.95 bits per heavy atom. The SMILES string of the molecule is O=C(O)[C@H]1CC=CC[C@H]1c1nc(-c2ccc(Cl)cc2)no1. The fourth-order valence-electron chi connectivity index (χ4n) is 2.46. The number of carbonyl (C=O) groups is 1. The maximum Gasteiger partial charge on any atom is 0.307 e. The molecular formula is C15H13ClN2O3. The molecule has 5 nitrogen and oxygen atoms in total. The molecule has 1 N–H and O–H groups in total. The number of aliphatic carboxylic acids is 1. The summed E-state index contributed by atoms with van der Waals surface area (Å²) in [6, 6.07) is 7.09. The van der Waals surface area contributed by atoms with E-state index in [2.05, 4.69) is 10.1 Å².